The van der Waals surface area contributed by atoms with Crippen LogP contribution >= 0.6 is 0 Å². The lowest BCUT2D eigenvalue weighted by Crippen LogP contribution is -2.18. The second-order valence-corrected chi connectivity index (χ2v) is 10.4. The zero-order valence-corrected chi connectivity index (χ0v) is 23.2. The molecule has 1 unspecified atom stereocenters. The minimum absolute atomic E-state index is 0.129. The van der Waals surface area contributed by atoms with Crippen LogP contribution in [0.2, 0.25) is 0 Å². The Kier molecular flexibility index (Phi) is 27.7. The SMILES string of the molecule is CCCCCCCCCCCCCCC(=O)OC(C[C]=O)CCCCCCCCCCCCC. The van der Waals surface area contributed by atoms with E-state index >= 15 is 0 Å². The van der Waals surface area contributed by atoms with Gasteiger partial charge in [-0.2, -0.15) is 0 Å². The molecule has 0 amide bonds. The van der Waals surface area contributed by atoms with Crippen molar-refractivity contribution in [3.63, 3.8) is 0 Å². The summed E-state index contributed by atoms with van der Waals surface area (Å²) < 4.78 is 5.58. The van der Waals surface area contributed by atoms with Gasteiger partial charge in [0.1, 0.15) is 6.10 Å². The van der Waals surface area contributed by atoms with Gasteiger partial charge in [-0.3, -0.25) is 9.59 Å². The minimum Gasteiger partial charge on any atom is -0.462 e. The Hall–Kier alpha value is -0.860. The van der Waals surface area contributed by atoms with Gasteiger partial charge in [0.05, 0.1) is 6.42 Å². The summed E-state index contributed by atoms with van der Waals surface area (Å²) in [7, 11) is 0. The van der Waals surface area contributed by atoms with Gasteiger partial charge in [-0.15, -0.1) is 0 Å². The van der Waals surface area contributed by atoms with Crippen LogP contribution < -0.4 is 0 Å². The van der Waals surface area contributed by atoms with Crippen molar-refractivity contribution in [2.75, 3.05) is 0 Å². The number of ether oxygens (including phenoxy) is 1. The zero-order valence-electron chi connectivity index (χ0n) is 23.2. The molecule has 0 N–H and O–H groups in total. The predicted octanol–water partition coefficient (Wildman–Crippen LogP) is 10.2. The first-order valence-corrected chi connectivity index (χ1v) is 15.3. The van der Waals surface area contributed by atoms with Gasteiger partial charge >= 0.3 is 5.97 Å². The number of carbonyl (C=O) groups excluding carboxylic acids is 2. The van der Waals surface area contributed by atoms with Crippen LogP contribution in [0, 0.1) is 0 Å². The fraction of sp³-hybridized carbons (Fsp3) is 0.935. The number of esters is 1. The van der Waals surface area contributed by atoms with E-state index in [1.54, 1.807) is 0 Å². The molecule has 0 aromatic heterocycles. The van der Waals surface area contributed by atoms with Crippen LogP contribution in [0.4, 0.5) is 0 Å². The van der Waals surface area contributed by atoms with Crippen molar-refractivity contribution in [1.82, 2.24) is 0 Å². The number of unbranched alkanes of at least 4 members (excludes halogenated alkanes) is 21. The van der Waals surface area contributed by atoms with Crippen LogP contribution in [-0.2, 0) is 14.3 Å². The number of rotatable bonds is 28. The van der Waals surface area contributed by atoms with E-state index in [1.165, 1.54) is 128 Å². The largest absolute Gasteiger partial charge is 0.462 e. The zero-order chi connectivity index (χ0) is 25.0. The average molecular weight is 480 g/mol. The van der Waals surface area contributed by atoms with E-state index in [2.05, 4.69) is 13.8 Å². The van der Waals surface area contributed by atoms with Crippen LogP contribution in [0.5, 0.6) is 0 Å². The van der Waals surface area contributed by atoms with E-state index in [4.69, 9.17) is 4.74 Å². The Bertz CT molecular complexity index is 421. The molecule has 0 fully saturated rings. The van der Waals surface area contributed by atoms with Crippen LogP contribution in [0.15, 0.2) is 0 Å². The summed E-state index contributed by atoms with van der Waals surface area (Å²) in [5.41, 5.74) is 0. The van der Waals surface area contributed by atoms with Gasteiger partial charge in [0.2, 0.25) is 6.29 Å². The maximum absolute atomic E-state index is 12.2. The van der Waals surface area contributed by atoms with E-state index in [1.807, 2.05) is 6.29 Å². The molecular formula is C31H59O3. The average Bonchev–Trinajstić information content (AvgIpc) is 2.83. The molecule has 0 heterocycles. The molecule has 0 spiro atoms. The van der Waals surface area contributed by atoms with E-state index in [9.17, 15) is 9.59 Å². The smallest absolute Gasteiger partial charge is 0.306 e. The molecule has 0 aliphatic rings. The third-order valence-corrected chi connectivity index (χ3v) is 6.97. The molecule has 0 aromatic rings. The Labute approximate surface area is 213 Å². The molecule has 0 aromatic carbocycles. The van der Waals surface area contributed by atoms with Crippen molar-refractivity contribution >= 4 is 12.3 Å². The van der Waals surface area contributed by atoms with Gasteiger partial charge in [0.15, 0.2) is 0 Å². The topological polar surface area (TPSA) is 43.4 Å². The summed E-state index contributed by atoms with van der Waals surface area (Å²) in [6.07, 6.45) is 33.0. The molecule has 201 valence electrons. The Morgan fingerprint density at radius 2 is 0.912 bits per heavy atom. The molecule has 3 nitrogen and oxygen atoms in total. The molecule has 1 radical (unpaired) electrons. The third-order valence-electron chi connectivity index (χ3n) is 6.97. The second kappa shape index (κ2) is 28.4. The molecule has 0 aliphatic heterocycles. The highest BCUT2D eigenvalue weighted by Crippen LogP contribution is 2.16. The highest BCUT2D eigenvalue weighted by Gasteiger charge is 2.14. The summed E-state index contributed by atoms with van der Waals surface area (Å²) >= 11 is 0. The highest BCUT2D eigenvalue weighted by molar-refractivity contribution is 5.69. The fourth-order valence-electron chi connectivity index (χ4n) is 4.69. The van der Waals surface area contributed by atoms with E-state index in [-0.39, 0.29) is 18.5 Å². The van der Waals surface area contributed by atoms with Gasteiger partial charge in [-0.05, 0) is 19.3 Å². The van der Waals surface area contributed by atoms with Crippen LogP contribution in [0.1, 0.15) is 181 Å². The number of hydrogen-bond donors (Lipinski definition) is 0. The van der Waals surface area contributed by atoms with Crippen LogP contribution in [-0.4, -0.2) is 18.4 Å². The lowest BCUT2D eigenvalue weighted by Gasteiger charge is -2.15. The van der Waals surface area contributed by atoms with Crippen molar-refractivity contribution in [2.24, 2.45) is 0 Å². The van der Waals surface area contributed by atoms with Gasteiger partial charge in [-0.1, -0.05) is 149 Å². The van der Waals surface area contributed by atoms with E-state index < -0.39 is 0 Å². The quantitative estimate of drug-likeness (QED) is 0.0827. The summed E-state index contributed by atoms with van der Waals surface area (Å²) in [5, 5.41) is 0. The molecule has 1 atom stereocenters. The normalized spacial score (nSPS) is 12.1. The maximum atomic E-state index is 12.2. The molecule has 0 rings (SSSR count). The van der Waals surface area contributed by atoms with Crippen molar-refractivity contribution in [1.29, 1.82) is 0 Å². The monoisotopic (exact) mass is 479 g/mol. The van der Waals surface area contributed by atoms with E-state index in [0.717, 1.165) is 25.7 Å². The standard InChI is InChI=1S/C31H59O3/c1-3-5-7-9-11-13-15-17-19-21-23-25-27-31(33)34-30(28-29-32)26-24-22-20-18-16-14-12-10-8-6-4-2/h30H,3-28H2,1-2H3. The summed E-state index contributed by atoms with van der Waals surface area (Å²) in [6, 6.07) is 0. The number of carbonyl (C=O) groups is 1. The molecule has 34 heavy (non-hydrogen) atoms. The van der Waals surface area contributed by atoms with Crippen molar-refractivity contribution < 1.29 is 14.3 Å². The molecule has 0 saturated heterocycles. The van der Waals surface area contributed by atoms with Crippen molar-refractivity contribution in [2.45, 2.75) is 187 Å². The Morgan fingerprint density at radius 3 is 1.29 bits per heavy atom. The Morgan fingerprint density at radius 1 is 0.559 bits per heavy atom. The predicted molar refractivity (Wildman–Crippen MR) is 147 cm³/mol. The Balaban J connectivity index is 3.55. The van der Waals surface area contributed by atoms with E-state index in [0.29, 0.717) is 6.42 Å². The third kappa shape index (κ3) is 25.8. The second-order valence-electron chi connectivity index (χ2n) is 10.4. The van der Waals surface area contributed by atoms with Gasteiger partial charge < -0.3 is 4.74 Å². The summed E-state index contributed by atoms with van der Waals surface area (Å²) in [4.78, 5) is 23.0. The maximum Gasteiger partial charge on any atom is 0.306 e. The fourth-order valence-corrected chi connectivity index (χ4v) is 4.69. The van der Waals surface area contributed by atoms with Gasteiger partial charge in [0.25, 0.3) is 0 Å². The van der Waals surface area contributed by atoms with Crippen LogP contribution in [0.3, 0.4) is 0 Å². The highest BCUT2D eigenvalue weighted by atomic mass is 16.5. The van der Waals surface area contributed by atoms with Crippen LogP contribution in [0.25, 0.3) is 0 Å². The number of hydrogen-bond acceptors (Lipinski definition) is 3. The van der Waals surface area contributed by atoms with Crippen molar-refractivity contribution in [3.8, 4) is 0 Å². The molecule has 0 bridgehead atoms. The molecule has 3 heteroatoms. The first kappa shape index (κ1) is 33.1. The molecule has 0 saturated carbocycles. The van der Waals surface area contributed by atoms with Gasteiger partial charge in [-0.25, -0.2) is 0 Å². The molecular weight excluding hydrogens is 420 g/mol. The van der Waals surface area contributed by atoms with Crippen molar-refractivity contribution in [3.05, 3.63) is 0 Å². The lowest BCUT2D eigenvalue weighted by molar-refractivity contribution is -0.149. The summed E-state index contributed by atoms with van der Waals surface area (Å²) in [6.45, 7) is 4.53. The lowest BCUT2D eigenvalue weighted by atomic mass is 10.0. The first-order valence-electron chi connectivity index (χ1n) is 15.3. The van der Waals surface area contributed by atoms with Gasteiger partial charge in [0, 0.05) is 6.42 Å². The molecule has 0 aliphatic carbocycles. The summed E-state index contributed by atoms with van der Waals surface area (Å²) in [5.74, 6) is -0.129. The minimum atomic E-state index is -0.263. The first-order chi connectivity index (χ1) is 16.7.